The summed E-state index contributed by atoms with van der Waals surface area (Å²) < 4.78 is 21.2. The lowest BCUT2D eigenvalue weighted by atomic mass is 10.2. The summed E-state index contributed by atoms with van der Waals surface area (Å²) in [6, 6.07) is 9.79. The van der Waals surface area contributed by atoms with E-state index >= 15 is 0 Å². The molecule has 31 heavy (non-hydrogen) atoms. The molecule has 0 amide bonds. The summed E-state index contributed by atoms with van der Waals surface area (Å²) in [6.07, 6.45) is 0. The molecule has 0 radical (unpaired) electrons. The molecule has 0 spiro atoms. The number of nitro benzene ring substituents is 1. The molecule has 2 rings (SSSR count). The molecule has 0 aliphatic carbocycles. The Hall–Kier alpha value is -2.80. The van der Waals surface area contributed by atoms with Crippen LogP contribution in [0.2, 0.25) is 0 Å². The van der Waals surface area contributed by atoms with E-state index < -0.39 is 4.92 Å². The molecule has 0 saturated carbocycles. The summed E-state index contributed by atoms with van der Waals surface area (Å²) >= 11 is 0. The fourth-order valence-corrected chi connectivity index (χ4v) is 2.59. The number of benzene rings is 2. The van der Waals surface area contributed by atoms with Gasteiger partial charge in [-0.05, 0) is 5.56 Å². The number of guanidine groups is 1. The lowest BCUT2D eigenvalue weighted by Crippen LogP contribution is -2.33. The van der Waals surface area contributed by atoms with E-state index in [1.165, 1.54) is 19.2 Å². The van der Waals surface area contributed by atoms with E-state index in [2.05, 4.69) is 15.6 Å². The molecule has 2 aromatic carbocycles. The van der Waals surface area contributed by atoms with Gasteiger partial charge in [-0.2, -0.15) is 0 Å². The van der Waals surface area contributed by atoms with Gasteiger partial charge in [-0.1, -0.05) is 12.1 Å². The predicted octanol–water partition coefficient (Wildman–Crippen LogP) is 3.44. The van der Waals surface area contributed by atoms with E-state index in [-0.39, 0.29) is 29.7 Å². The van der Waals surface area contributed by atoms with Crippen LogP contribution in [0.4, 0.5) is 11.4 Å². The van der Waals surface area contributed by atoms with Crippen molar-refractivity contribution < 1.29 is 23.9 Å². The molecule has 2 aromatic rings. The topological polar surface area (TPSA) is 116 Å². The minimum atomic E-state index is -0.434. The molecule has 0 saturated heterocycles. The fourth-order valence-electron chi connectivity index (χ4n) is 2.59. The van der Waals surface area contributed by atoms with Crippen LogP contribution >= 0.6 is 24.0 Å². The van der Waals surface area contributed by atoms with Crippen LogP contribution in [-0.4, -0.2) is 52.5 Å². The zero-order valence-electron chi connectivity index (χ0n) is 17.8. The van der Waals surface area contributed by atoms with Gasteiger partial charge in [0.2, 0.25) is 5.75 Å². The second-order valence-electron chi connectivity index (χ2n) is 6.05. The molecule has 0 bridgehead atoms. The van der Waals surface area contributed by atoms with Crippen LogP contribution in [0.5, 0.6) is 17.2 Å². The summed E-state index contributed by atoms with van der Waals surface area (Å²) in [6.45, 7) is 1.35. The maximum Gasteiger partial charge on any atom is 0.269 e. The lowest BCUT2D eigenvalue weighted by Gasteiger charge is -2.17. The second-order valence-corrected chi connectivity index (χ2v) is 6.05. The highest BCUT2D eigenvalue weighted by Crippen LogP contribution is 2.39. The van der Waals surface area contributed by atoms with Crippen molar-refractivity contribution in [3.05, 3.63) is 52.1 Å². The van der Waals surface area contributed by atoms with E-state index in [1.807, 2.05) is 0 Å². The molecule has 0 aliphatic rings. The van der Waals surface area contributed by atoms with Crippen molar-refractivity contribution in [3.8, 4) is 17.2 Å². The molecule has 0 heterocycles. The van der Waals surface area contributed by atoms with Crippen molar-refractivity contribution in [3.63, 3.8) is 0 Å². The van der Waals surface area contributed by atoms with Gasteiger partial charge >= 0.3 is 0 Å². The smallest absolute Gasteiger partial charge is 0.269 e. The van der Waals surface area contributed by atoms with Crippen molar-refractivity contribution in [2.45, 2.75) is 6.54 Å². The summed E-state index contributed by atoms with van der Waals surface area (Å²) in [5.74, 6) is 2.00. The Morgan fingerprint density at radius 1 is 1.03 bits per heavy atom. The van der Waals surface area contributed by atoms with Gasteiger partial charge in [0.25, 0.3) is 5.69 Å². The Kier molecular flexibility index (Phi) is 11.4. The average Bonchev–Trinajstić information content (AvgIpc) is 2.76. The van der Waals surface area contributed by atoms with Gasteiger partial charge in [-0.25, -0.2) is 4.99 Å². The van der Waals surface area contributed by atoms with Gasteiger partial charge < -0.3 is 29.6 Å². The number of non-ortho nitro benzene ring substituents is 1. The number of anilines is 1. The number of ether oxygens (including phenoxy) is 4. The molecular formula is C20H27IN4O6. The highest BCUT2D eigenvalue weighted by molar-refractivity contribution is 14.0. The maximum atomic E-state index is 10.8. The second kappa shape index (κ2) is 13.5. The predicted molar refractivity (Wildman–Crippen MR) is 129 cm³/mol. The third kappa shape index (κ3) is 7.75. The first-order chi connectivity index (χ1) is 14.5. The summed E-state index contributed by atoms with van der Waals surface area (Å²) in [4.78, 5) is 14.9. The highest BCUT2D eigenvalue weighted by Gasteiger charge is 2.14. The Bertz CT molecular complexity index is 851. The van der Waals surface area contributed by atoms with Gasteiger partial charge in [-0.3, -0.25) is 10.1 Å². The first-order valence-electron chi connectivity index (χ1n) is 9.10. The fraction of sp³-hybridized carbons (Fsp3) is 0.350. The van der Waals surface area contributed by atoms with Gasteiger partial charge in [0.15, 0.2) is 17.5 Å². The van der Waals surface area contributed by atoms with Gasteiger partial charge in [-0.15, -0.1) is 24.0 Å². The minimum absolute atomic E-state index is 0. The number of nitrogens with zero attached hydrogens (tertiary/aromatic N) is 2. The van der Waals surface area contributed by atoms with E-state index in [1.54, 1.807) is 45.6 Å². The van der Waals surface area contributed by atoms with Gasteiger partial charge in [0.1, 0.15) is 0 Å². The number of rotatable bonds is 10. The molecule has 0 aromatic heterocycles. The monoisotopic (exact) mass is 546 g/mol. The molecule has 2 N–H and O–H groups in total. The summed E-state index contributed by atoms with van der Waals surface area (Å²) in [5, 5.41) is 17.2. The molecule has 10 nitrogen and oxygen atoms in total. The van der Waals surface area contributed by atoms with Crippen LogP contribution in [-0.2, 0) is 11.3 Å². The molecule has 170 valence electrons. The molecular weight excluding hydrogens is 519 g/mol. The quantitative estimate of drug-likeness (QED) is 0.116. The standard InChI is InChI=1S/C20H26N4O6.HI/c1-27-10-9-21-20(22-13-14-5-7-16(8-6-14)24(25)26)23-15-11-17(28-2)19(30-4)18(12-15)29-3;/h5-8,11-12H,9-10,13H2,1-4H3,(H2,21,22,23);1H. The van der Waals surface area contributed by atoms with Crippen molar-refractivity contribution >= 4 is 41.3 Å². The number of aliphatic imine (C=N–C) groups is 1. The van der Waals surface area contributed by atoms with Gasteiger partial charge in [0.05, 0.1) is 39.4 Å². The van der Waals surface area contributed by atoms with Crippen molar-refractivity contribution in [1.82, 2.24) is 5.32 Å². The first kappa shape index (κ1) is 26.2. The molecule has 0 atom stereocenters. The third-order valence-electron chi connectivity index (χ3n) is 4.09. The molecule has 0 aliphatic heterocycles. The lowest BCUT2D eigenvalue weighted by molar-refractivity contribution is -0.384. The normalized spacial score (nSPS) is 10.6. The zero-order chi connectivity index (χ0) is 21.9. The summed E-state index contributed by atoms with van der Waals surface area (Å²) in [5.41, 5.74) is 1.55. The van der Waals surface area contributed by atoms with Crippen LogP contribution < -0.4 is 24.8 Å². The minimum Gasteiger partial charge on any atom is -0.493 e. The number of nitrogens with one attached hydrogen (secondary N) is 2. The van der Waals surface area contributed by atoms with E-state index in [4.69, 9.17) is 18.9 Å². The van der Waals surface area contributed by atoms with Crippen LogP contribution in [0, 0.1) is 10.1 Å². The highest BCUT2D eigenvalue weighted by atomic mass is 127. The molecule has 11 heteroatoms. The Morgan fingerprint density at radius 3 is 2.13 bits per heavy atom. The zero-order valence-corrected chi connectivity index (χ0v) is 20.2. The first-order valence-corrected chi connectivity index (χ1v) is 9.10. The number of halogens is 1. The van der Waals surface area contributed by atoms with Crippen LogP contribution in [0.3, 0.4) is 0 Å². The van der Waals surface area contributed by atoms with Crippen LogP contribution in [0.15, 0.2) is 41.4 Å². The number of hydrogen-bond acceptors (Lipinski definition) is 7. The number of hydrogen-bond donors (Lipinski definition) is 2. The molecule has 0 fully saturated rings. The van der Waals surface area contributed by atoms with Crippen molar-refractivity contribution in [2.75, 3.05) is 46.9 Å². The third-order valence-corrected chi connectivity index (χ3v) is 4.09. The average molecular weight is 546 g/mol. The Labute approximate surface area is 198 Å². The van der Waals surface area contributed by atoms with E-state index in [0.29, 0.717) is 48.6 Å². The SMILES string of the molecule is COCCNC(=NCc1ccc([N+](=O)[O-])cc1)Nc1cc(OC)c(OC)c(OC)c1.I. The molecule has 0 unspecified atom stereocenters. The van der Waals surface area contributed by atoms with Crippen LogP contribution in [0.25, 0.3) is 0 Å². The van der Waals surface area contributed by atoms with Crippen molar-refractivity contribution in [2.24, 2.45) is 4.99 Å². The maximum absolute atomic E-state index is 10.8. The Morgan fingerprint density at radius 2 is 1.65 bits per heavy atom. The number of methoxy groups -OCH3 is 4. The van der Waals surface area contributed by atoms with Crippen molar-refractivity contribution in [1.29, 1.82) is 0 Å². The van der Waals surface area contributed by atoms with Gasteiger partial charge in [0, 0.05) is 43.6 Å². The van der Waals surface area contributed by atoms with E-state index in [9.17, 15) is 10.1 Å². The van der Waals surface area contributed by atoms with E-state index in [0.717, 1.165) is 5.56 Å². The Balaban J connectivity index is 0.00000480. The van der Waals surface area contributed by atoms with Crippen LogP contribution in [0.1, 0.15) is 5.56 Å². The summed E-state index contributed by atoms with van der Waals surface area (Å²) in [7, 11) is 6.24. The number of nitro groups is 1. The largest absolute Gasteiger partial charge is 0.493 e.